The third-order valence-corrected chi connectivity index (χ3v) is 6.81. The fourth-order valence-electron chi connectivity index (χ4n) is 5.15. The Kier molecular flexibility index (Phi) is 5.51. The second-order valence-electron chi connectivity index (χ2n) is 9.01. The molecule has 1 amide bonds. The molecule has 1 aromatic heterocycles. The van der Waals surface area contributed by atoms with Crippen molar-refractivity contribution in [1.82, 2.24) is 14.5 Å². The largest absolute Gasteiger partial charge is 0.333 e. The standard InChI is InChI=1S/C24H30FN3O2/c1-4-17-11-18(13-19(25)12-17)24(7-5-6-8-24)15-21-26-22(29)14-20-23(30)27(16(2)3)9-10-28(20)21/h11-14,16H,4-10,15H2,1-3H3. The van der Waals surface area contributed by atoms with Crippen LogP contribution in [0.1, 0.15) is 73.9 Å². The summed E-state index contributed by atoms with van der Waals surface area (Å²) in [6, 6.07) is 6.79. The van der Waals surface area contributed by atoms with Crippen LogP contribution in [0.25, 0.3) is 0 Å². The van der Waals surface area contributed by atoms with E-state index in [1.54, 1.807) is 17.0 Å². The van der Waals surface area contributed by atoms with E-state index in [-0.39, 0.29) is 28.7 Å². The number of fused-ring (bicyclic) bond motifs is 1. The Morgan fingerprint density at radius 3 is 2.50 bits per heavy atom. The van der Waals surface area contributed by atoms with Crippen LogP contribution in [0.5, 0.6) is 0 Å². The minimum Gasteiger partial charge on any atom is -0.333 e. The first kappa shape index (κ1) is 20.8. The Hall–Kier alpha value is -2.50. The predicted octanol–water partition coefficient (Wildman–Crippen LogP) is 3.86. The van der Waals surface area contributed by atoms with Crippen molar-refractivity contribution in [3.05, 3.63) is 63.1 Å². The molecule has 1 aromatic carbocycles. The zero-order chi connectivity index (χ0) is 21.5. The van der Waals surface area contributed by atoms with Crippen molar-refractivity contribution in [1.29, 1.82) is 0 Å². The number of aryl methyl sites for hydroxylation is 1. The lowest BCUT2D eigenvalue weighted by atomic mass is 9.75. The normalized spacial score (nSPS) is 18.2. The fraction of sp³-hybridized carbons (Fsp3) is 0.542. The average Bonchev–Trinajstić information content (AvgIpc) is 3.17. The van der Waals surface area contributed by atoms with Crippen LogP contribution in [0.15, 0.2) is 29.1 Å². The summed E-state index contributed by atoms with van der Waals surface area (Å²) in [7, 11) is 0. The Morgan fingerprint density at radius 1 is 1.10 bits per heavy atom. The van der Waals surface area contributed by atoms with Gasteiger partial charge in [0.25, 0.3) is 11.5 Å². The van der Waals surface area contributed by atoms with E-state index < -0.39 is 0 Å². The summed E-state index contributed by atoms with van der Waals surface area (Å²) in [5, 5.41) is 0. The van der Waals surface area contributed by atoms with E-state index in [4.69, 9.17) is 0 Å². The lowest BCUT2D eigenvalue weighted by Crippen LogP contribution is -2.46. The molecule has 2 aliphatic rings. The Bertz CT molecular complexity index is 1020. The molecule has 1 fully saturated rings. The van der Waals surface area contributed by atoms with Crippen molar-refractivity contribution in [3.63, 3.8) is 0 Å². The van der Waals surface area contributed by atoms with E-state index in [1.807, 2.05) is 25.3 Å². The highest BCUT2D eigenvalue weighted by Crippen LogP contribution is 2.44. The molecule has 0 atom stereocenters. The molecule has 2 aromatic rings. The summed E-state index contributed by atoms with van der Waals surface area (Å²) in [4.78, 5) is 31.5. The molecule has 1 aliphatic carbocycles. The SMILES string of the molecule is CCc1cc(F)cc(C2(Cc3nc(=O)cc4n3CCN(C(C)C)C4=O)CCCC2)c1. The van der Waals surface area contributed by atoms with Gasteiger partial charge in [-0.3, -0.25) is 9.59 Å². The van der Waals surface area contributed by atoms with Crippen molar-refractivity contribution in [3.8, 4) is 0 Å². The number of halogens is 1. The number of hydrogen-bond acceptors (Lipinski definition) is 3. The summed E-state index contributed by atoms with van der Waals surface area (Å²) in [6.07, 6.45) is 5.35. The quantitative estimate of drug-likeness (QED) is 0.751. The van der Waals surface area contributed by atoms with Crippen LogP contribution in [0.4, 0.5) is 4.39 Å². The van der Waals surface area contributed by atoms with Gasteiger partial charge in [-0.25, -0.2) is 4.39 Å². The second-order valence-corrected chi connectivity index (χ2v) is 9.01. The highest BCUT2D eigenvalue weighted by Gasteiger charge is 2.38. The van der Waals surface area contributed by atoms with Gasteiger partial charge >= 0.3 is 0 Å². The van der Waals surface area contributed by atoms with Gasteiger partial charge < -0.3 is 9.47 Å². The molecular weight excluding hydrogens is 381 g/mol. The molecule has 4 rings (SSSR count). The zero-order valence-corrected chi connectivity index (χ0v) is 18.1. The second kappa shape index (κ2) is 7.97. The summed E-state index contributed by atoms with van der Waals surface area (Å²) in [6.45, 7) is 7.23. The molecule has 2 heterocycles. The Balaban J connectivity index is 1.78. The van der Waals surface area contributed by atoms with E-state index >= 15 is 0 Å². The monoisotopic (exact) mass is 411 g/mol. The molecule has 6 heteroatoms. The van der Waals surface area contributed by atoms with Gasteiger partial charge in [0.15, 0.2) is 0 Å². The van der Waals surface area contributed by atoms with E-state index in [2.05, 4.69) is 11.1 Å². The lowest BCUT2D eigenvalue weighted by molar-refractivity contribution is 0.0642. The maximum Gasteiger partial charge on any atom is 0.273 e. The number of carbonyl (C=O) groups excluding carboxylic acids is 1. The van der Waals surface area contributed by atoms with Crippen LogP contribution in [0.3, 0.4) is 0 Å². The van der Waals surface area contributed by atoms with Gasteiger partial charge in [0.2, 0.25) is 0 Å². The lowest BCUT2D eigenvalue weighted by Gasteiger charge is -2.36. The molecule has 0 unspecified atom stereocenters. The number of aromatic nitrogens is 2. The molecule has 5 nitrogen and oxygen atoms in total. The average molecular weight is 412 g/mol. The first-order valence-electron chi connectivity index (χ1n) is 11.0. The van der Waals surface area contributed by atoms with Gasteiger partial charge in [-0.15, -0.1) is 0 Å². The summed E-state index contributed by atoms with van der Waals surface area (Å²) in [5.74, 6) is 0.327. The summed E-state index contributed by atoms with van der Waals surface area (Å²) in [5.41, 5.74) is 1.78. The third-order valence-electron chi connectivity index (χ3n) is 6.81. The molecule has 30 heavy (non-hydrogen) atoms. The number of carbonyl (C=O) groups is 1. The molecule has 1 saturated carbocycles. The molecule has 160 valence electrons. The van der Waals surface area contributed by atoms with Crippen molar-refractivity contribution in [2.24, 2.45) is 0 Å². The maximum absolute atomic E-state index is 14.4. The Labute approximate surface area is 176 Å². The van der Waals surface area contributed by atoms with E-state index in [0.717, 1.165) is 43.2 Å². The third kappa shape index (κ3) is 3.68. The van der Waals surface area contributed by atoms with Crippen LogP contribution >= 0.6 is 0 Å². The van der Waals surface area contributed by atoms with Gasteiger partial charge in [-0.1, -0.05) is 25.8 Å². The fourth-order valence-corrected chi connectivity index (χ4v) is 5.15. The van der Waals surface area contributed by atoms with Gasteiger partial charge in [0.05, 0.1) is 0 Å². The Morgan fingerprint density at radius 2 is 1.83 bits per heavy atom. The molecule has 1 aliphatic heterocycles. The molecular formula is C24H30FN3O2. The number of amides is 1. The maximum atomic E-state index is 14.4. The van der Waals surface area contributed by atoms with Crippen molar-refractivity contribution < 1.29 is 9.18 Å². The van der Waals surface area contributed by atoms with Crippen molar-refractivity contribution >= 4 is 5.91 Å². The van der Waals surface area contributed by atoms with Gasteiger partial charge in [0, 0.05) is 37.0 Å². The molecule has 0 spiro atoms. The highest BCUT2D eigenvalue weighted by molar-refractivity contribution is 5.93. The van der Waals surface area contributed by atoms with E-state index in [0.29, 0.717) is 31.0 Å². The molecule has 0 bridgehead atoms. The first-order valence-corrected chi connectivity index (χ1v) is 11.0. The van der Waals surface area contributed by atoms with E-state index in [9.17, 15) is 14.0 Å². The minimum atomic E-state index is -0.378. The minimum absolute atomic E-state index is 0.0823. The van der Waals surface area contributed by atoms with Gasteiger partial charge in [0.1, 0.15) is 17.3 Å². The number of hydrogen-bond donors (Lipinski definition) is 0. The highest BCUT2D eigenvalue weighted by atomic mass is 19.1. The van der Waals surface area contributed by atoms with Gasteiger partial charge in [-0.2, -0.15) is 4.98 Å². The number of benzene rings is 1. The predicted molar refractivity (Wildman–Crippen MR) is 114 cm³/mol. The first-order chi connectivity index (χ1) is 14.3. The van der Waals surface area contributed by atoms with Crippen LogP contribution < -0.4 is 5.56 Å². The number of rotatable bonds is 5. The van der Waals surface area contributed by atoms with Gasteiger partial charge in [-0.05, 0) is 56.4 Å². The van der Waals surface area contributed by atoms with Crippen LogP contribution in [0, 0.1) is 5.82 Å². The molecule has 0 N–H and O–H groups in total. The molecule has 0 radical (unpaired) electrons. The van der Waals surface area contributed by atoms with Crippen LogP contribution in [0.2, 0.25) is 0 Å². The summed E-state index contributed by atoms with van der Waals surface area (Å²) < 4.78 is 16.3. The summed E-state index contributed by atoms with van der Waals surface area (Å²) >= 11 is 0. The van der Waals surface area contributed by atoms with Crippen LogP contribution in [-0.4, -0.2) is 32.9 Å². The topological polar surface area (TPSA) is 55.2 Å². The van der Waals surface area contributed by atoms with Crippen molar-refractivity contribution in [2.45, 2.75) is 77.3 Å². The zero-order valence-electron chi connectivity index (χ0n) is 18.1. The van der Waals surface area contributed by atoms with Crippen LogP contribution in [-0.2, 0) is 24.8 Å². The van der Waals surface area contributed by atoms with E-state index in [1.165, 1.54) is 6.07 Å². The molecule has 0 saturated heterocycles. The number of nitrogens with zero attached hydrogens (tertiary/aromatic N) is 3. The smallest absolute Gasteiger partial charge is 0.273 e. The van der Waals surface area contributed by atoms with Crippen molar-refractivity contribution in [2.75, 3.05) is 6.54 Å².